The molecule has 4 nitrogen and oxygen atoms in total. The minimum absolute atomic E-state index is 0.194. The van der Waals surface area contributed by atoms with Gasteiger partial charge in [0.25, 0.3) is 0 Å². The van der Waals surface area contributed by atoms with Crippen molar-refractivity contribution in [2.24, 2.45) is 35.5 Å². The number of carboxylic acids is 1. The van der Waals surface area contributed by atoms with E-state index in [-0.39, 0.29) is 23.7 Å². The molecular formula is C18H28O4. The van der Waals surface area contributed by atoms with Crippen LogP contribution in [-0.4, -0.2) is 23.7 Å². The minimum atomic E-state index is -0.808. The Morgan fingerprint density at radius 1 is 0.955 bits per heavy atom. The summed E-state index contributed by atoms with van der Waals surface area (Å²) in [6.07, 6.45) is 8.88. The van der Waals surface area contributed by atoms with Crippen molar-refractivity contribution >= 4 is 11.9 Å². The van der Waals surface area contributed by atoms with Crippen LogP contribution in [0.1, 0.15) is 58.3 Å². The van der Waals surface area contributed by atoms with E-state index in [0.29, 0.717) is 12.5 Å². The molecule has 0 heterocycles. The van der Waals surface area contributed by atoms with Gasteiger partial charge >= 0.3 is 11.9 Å². The van der Waals surface area contributed by atoms with E-state index in [1.54, 1.807) is 0 Å². The van der Waals surface area contributed by atoms with Crippen molar-refractivity contribution in [1.82, 2.24) is 0 Å². The van der Waals surface area contributed by atoms with Crippen LogP contribution in [0.2, 0.25) is 0 Å². The van der Waals surface area contributed by atoms with Crippen LogP contribution in [0.3, 0.4) is 0 Å². The van der Waals surface area contributed by atoms with Gasteiger partial charge in [0.05, 0.1) is 18.4 Å². The molecule has 0 amide bonds. The van der Waals surface area contributed by atoms with Crippen LogP contribution >= 0.6 is 0 Å². The Labute approximate surface area is 132 Å². The molecule has 3 aliphatic rings. The van der Waals surface area contributed by atoms with Crippen LogP contribution in [0.4, 0.5) is 0 Å². The average Bonchev–Trinajstić information content (AvgIpc) is 3.14. The molecule has 0 aliphatic heterocycles. The van der Waals surface area contributed by atoms with Gasteiger partial charge in [-0.15, -0.1) is 0 Å². The topological polar surface area (TPSA) is 63.6 Å². The fourth-order valence-corrected chi connectivity index (χ4v) is 5.09. The summed E-state index contributed by atoms with van der Waals surface area (Å²) in [5, 5.41) is 9.42. The summed E-state index contributed by atoms with van der Waals surface area (Å²) in [4.78, 5) is 23.9. The molecule has 1 N–H and O–H groups in total. The molecule has 2 bridgehead atoms. The van der Waals surface area contributed by atoms with Crippen molar-refractivity contribution in [2.75, 3.05) is 6.61 Å². The van der Waals surface area contributed by atoms with E-state index in [2.05, 4.69) is 6.92 Å². The summed E-state index contributed by atoms with van der Waals surface area (Å²) in [6.45, 7) is 2.74. The first-order valence-electron chi connectivity index (χ1n) is 8.99. The minimum Gasteiger partial charge on any atom is -0.481 e. The number of fused-ring (bicyclic) bond motifs is 2. The molecule has 124 valence electrons. The number of aliphatic carboxylic acids is 1. The third-order valence-electron chi connectivity index (χ3n) is 6.48. The Morgan fingerprint density at radius 2 is 1.55 bits per heavy atom. The van der Waals surface area contributed by atoms with E-state index < -0.39 is 11.9 Å². The highest BCUT2D eigenvalue weighted by Gasteiger charge is 2.54. The number of hydrogen-bond donors (Lipinski definition) is 1. The highest BCUT2D eigenvalue weighted by atomic mass is 16.5. The lowest BCUT2D eigenvalue weighted by atomic mass is 9.79. The van der Waals surface area contributed by atoms with Gasteiger partial charge in [-0.25, -0.2) is 0 Å². The molecule has 4 atom stereocenters. The summed E-state index contributed by atoms with van der Waals surface area (Å²) >= 11 is 0. The predicted octanol–water partition coefficient (Wildman–Crippen LogP) is 3.49. The molecule has 3 fully saturated rings. The first kappa shape index (κ1) is 15.8. The van der Waals surface area contributed by atoms with Gasteiger partial charge in [-0.1, -0.05) is 26.2 Å². The zero-order valence-corrected chi connectivity index (χ0v) is 13.5. The normalized spacial score (nSPS) is 40.6. The molecule has 0 radical (unpaired) electrons. The lowest BCUT2D eigenvalue weighted by Crippen LogP contribution is -2.36. The van der Waals surface area contributed by atoms with E-state index >= 15 is 0 Å². The Bertz CT molecular complexity index is 425. The predicted molar refractivity (Wildman–Crippen MR) is 82.1 cm³/mol. The Kier molecular flexibility index (Phi) is 4.74. The van der Waals surface area contributed by atoms with Crippen molar-refractivity contribution in [2.45, 2.75) is 58.3 Å². The zero-order chi connectivity index (χ0) is 15.7. The van der Waals surface area contributed by atoms with E-state index in [4.69, 9.17) is 4.74 Å². The maximum atomic E-state index is 12.4. The highest BCUT2D eigenvalue weighted by Crippen LogP contribution is 2.52. The summed E-state index contributed by atoms with van der Waals surface area (Å²) in [5.41, 5.74) is 0. The molecule has 4 unspecified atom stereocenters. The van der Waals surface area contributed by atoms with E-state index in [0.717, 1.165) is 38.0 Å². The molecule has 0 spiro atoms. The molecule has 3 rings (SSSR count). The van der Waals surface area contributed by atoms with Crippen LogP contribution in [0.5, 0.6) is 0 Å². The van der Waals surface area contributed by atoms with Crippen molar-refractivity contribution in [3.63, 3.8) is 0 Å². The van der Waals surface area contributed by atoms with Gasteiger partial charge in [-0.05, 0) is 55.8 Å². The van der Waals surface area contributed by atoms with E-state index in [9.17, 15) is 14.7 Å². The summed E-state index contributed by atoms with van der Waals surface area (Å²) < 4.78 is 5.57. The lowest BCUT2D eigenvalue weighted by molar-refractivity contribution is -0.161. The first-order chi connectivity index (χ1) is 10.6. The van der Waals surface area contributed by atoms with Crippen molar-refractivity contribution < 1.29 is 19.4 Å². The highest BCUT2D eigenvalue weighted by molar-refractivity contribution is 5.82. The van der Waals surface area contributed by atoms with Gasteiger partial charge in [0.2, 0.25) is 0 Å². The maximum absolute atomic E-state index is 12.4. The fraction of sp³-hybridized carbons (Fsp3) is 0.889. The molecule has 0 aromatic rings. The van der Waals surface area contributed by atoms with Gasteiger partial charge < -0.3 is 9.84 Å². The molecule has 0 aromatic heterocycles. The van der Waals surface area contributed by atoms with Crippen molar-refractivity contribution in [1.29, 1.82) is 0 Å². The van der Waals surface area contributed by atoms with Crippen LogP contribution in [0.25, 0.3) is 0 Å². The largest absolute Gasteiger partial charge is 0.481 e. The Hall–Kier alpha value is -1.06. The van der Waals surface area contributed by atoms with Gasteiger partial charge in [0.1, 0.15) is 0 Å². The van der Waals surface area contributed by atoms with Crippen molar-refractivity contribution in [3.05, 3.63) is 0 Å². The number of esters is 1. The molecular weight excluding hydrogens is 280 g/mol. The number of ether oxygens (including phenoxy) is 1. The standard InChI is InChI=1S/C18H28O4/c1-2-11-3-5-12(6-4-11)10-22-18(21)16-14-8-7-13(9-14)15(16)17(19)20/h11-16H,2-10H2,1H3,(H,19,20). The van der Waals surface area contributed by atoms with Crippen molar-refractivity contribution in [3.8, 4) is 0 Å². The number of carbonyl (C=O) groups is 2. The molecule has 3 saturated carbocycles. The fourth-order valence-electron chi connectivity index (χ4n) is 5.09. The van der Waals surface area contributed by atoms with E-state index in [1.165, 1.54) is 19.3 Å². The lowest BCUT2D eigenvalue weighted by Gasteiger charge is -2.29. The summed E-state index contributed by atoms with van der Waals surface area (Å²) in [5.74, 6) is -0.169. The first-order valence-corrected chi connectivity index (χ1v) is 8.99. The third-order valence-corrected chi connectivity index (χ3v) is 6.48. The zero-order valence-electron chi connectivity index (χ0n) is 13.5. The Morgan fingerprint density at radius 3 is 2.14 bits per heavy atom. The van der Waals surface area contributed by atoms with Crippen LogP contribution in [-0.2, 0) is 14.3 Å². The van der Waals surface area contributed by atoms with Gasteiger partial charge in [0.15, 0.2) is 0 Å². The van der Waals surface area contributed by atoms with E-state index in [1.807, 2.05) is 0 Å². The number of hydrogen-bond acceptors (Lipinski definition) is 3. The number of carboxylic acid groups (broad SMARTS) is 1. The number of rotatable bonds is 5. The smallest absolute Gasteiger partial charge is 0.310 e. The van der Waals surface area contributed by atoms with Gasteiger partial charge in [0, 0.05) is 0 Å². The second-order valence-corrected chi connectivity index (χ2v) is 7.65. The molecule has 0 saturated heterocycles. The number of carbonyl (C=O) groups excluding carboxylic acids is 1. The molecule has 4 heteroatoms. The average molecular weight is 308 g/mol. The van der Waals surface area contributed by atoms with Crippen LogP contribution in [0.15, 0.2) is 0 Å². The third kappa shape index (κ3) is 3.02. The van der Waals surface area contributed by atoms with Gasteiger partial charge in [-0.3, -0.25) is 9.59 Å². The second kappa shape index (κ2) is 6.59. The van der Waals surface area contributed by atoms with Crippen LogP contribution < -0.4 is 0 Å². The molecule has 0 aromatic carbocycles. The Balaban J connectivity index is 1.51. The quantitative estimate of drug-likeness (QED) is 0.790. The molecule has 22 heavy (non-hydrogen) atoms. The summed E-state index contributed by atoms with van der Waals surface area (Å²) in [6, 6.07) is 0. The van der Waals surface area contributed by atoms with Gasteiger partial charge in [-0.2, -0.15) is 0 Å². The molecule has 3 aliphatic carbocycles. The summed E-state index contributed by atoms with van der Waals surface area (Å²) in [7, 11) is 0. The maximum Gasteiger partial charge on any atom is 0.310 e. The second-order valence-electron chi connectivity index (χ2n) is 7.65. The SMILES string of the molecule is CCC1CCC(COC(=O)C2C3CCC(C3)C2C(=O)O)CC1. The monoisotopic (exact) mass is 308 g/mol. The van der Waals surface area contributed by atoms with Crippen LogP contribution in [0, 0.1) is 35.5 Å².